The Labute approximate surface area is 103 Å². The van der Waals surface area contributed by atoms with Gasteiger partial charge in [-0.1, -0.05) is 32.9 Å². The second-order valence-corrected chi connectivity index (χ2v) is 5.38. The molecular formula is C14H21NO2. The molecule has 1 atom stereocenters. The van der Waals surface area contributed by atoms with Gasteiger partial charge in [-0.25, -0.2) is 0 Å². The van der Waals surface area contributed by atoms with Gasteiger partial charge in [-0.2, -0.15) is 0 Å². The number of primary amides is 1. The molecule has 1 rings (SSSR count). The van der Waals surface area contributed by atoms with Gasteiger partial charge in [-0.3, -0.25) is 4.79 Å². The number of hydrogen-bond donors (Lipinski definition) is 1. The smallest absolute Gasteiger partial charge is 0.221 e. The number of carbonyl (C=O) groups is 1. The Balaban J connectivity index is 2.76. The minimum Gasteiger partial charge on any atom is -0.490 e. The number of hydrogen-bond acceptors (Lipinski definition) is 2. The zero-order chi connectivity index (χ0) is 13.1. The lowest BCUT2D eigenvalue weighted by Gasteiger charge is -2.21. The maximum atomic E-state index is 10.8. The molecule has 0 saturated carbocycles. The average Bonchev–Trinajstić information content (AvgIpc) is 2.15. The molecule has 0 heterocycles. The van der Waals surface area contributed by atoms with Crippen molar-refractivity contribution in [3.63, 3.8) is 0 Å². The fraction of sp³-hybridized carbons (Fsp3) is 0.500. The van der Waals surface area contributed by atoms with Crippen LogP contribution in [0.4, 0.5) is 0 Å². The van der Waals surface area contributed by atoms with Gasteiger partial charge >= 0.3 is 0 Å². The molecule has 0 radical (unpaired) electrons. The van der Waals surface area contributed by atoms with E-state index in [9.17, 15) is 4.79 Å². The van der Waals surface area contributed by atoms with E-state index in [4.69, 9.17) is 10.5 Å². The van der Waals surface area contributed by atoms with E-state index in [-0.39, 0.29) is 23.8 Å². The molecule has 0 aromatic heterocycles. The van der Waals surface area contributed by atoms with Gasteiger partial charge in [-0.15, -0.1) is 0 Å². The zero-order valence-corrected chi connectivity index (χ0v) is 11.0. The Kier molecular flexibility index (Phi) is 4.16. The quantitative estimate of drug-likeness (QED) is 0.872. The molecule has 0 fully saturated rings. The molecule has 94 valence electrons. The summed E-state index contributed by atoms with van der Waals surface area (Å²) in [6.45, 7) is 8.30. The highest BCUT2D eigenvalue weighted by atomic mass is 16.5. The Morgan fingerprint density at radius 1 is 1.41 bits per heavy atom. The highest BCUT2D eigenvalue weighted by Crippen LogP contribution is 2.26. The Morgan fingerprint density at radius 2 is 2.06 bits per heavy atom. The summed E-state index contributed by atoms with van der Waals surface area (Å²) in [7, 11) is 0. The van der Waals surface area contributed by atoms with Crippen molar-refractivity contribution in [1.82, 2.24) is 0 Å². The molecule has 1 amide bonds. The lowest BCUT2D eigenvalue weighted by atomic mass is 9.87. The molecule has 2 N–H and O–H groups in total. The molecule has 1 aromatic carbocycles. The van der Waals surface area contributed by atoms with Crippen molar-refractivity contribution in [3.8, 4) is 5.75 Å². The molecule has 1 aromatic rings. The second-order valence-electron chi connectivity index (χ2n) is 5.38. The minimum absolute atomic E-state index is 0.0896. The third kappa shape index (κ3) is 4.47. The maximum Gasteiger partial charge on any atom is 0.221 e. The number of nitrogens with two attached hydrogens (primary N) is 1. The van der Waals surface area contributed by atoms with Crippen LogP contribution in [-0.2, 0) is 10.2 Å². The average molecular weight is 235 g/mol. The predicted octanol–water partition coefficient (Wildman–Crippen LogP) is 2.63. The Hall–Kier alpha value is -1.51. The summed E-state index contributed by atoms with van der Waals surface area (Å²) in [6, 6.07) is 7.95. The van der Waals surface area contributed by atoms with Crippen LogP contribution in [0.25, 0.3) is 0 Å². The van der Waals surface area contributed by atoms with E-state index in [0.717, 1.165) is 5.75 Å². The fourth-order valence-corrected chi connectivity index (χ4v) is 1.59. The summed E-state index contributed by atoms with van der Waals surface area (Å²) in [5.74, 6) is 0.440. The lowest BCUT2D eigenvalue weighted by Crippen LogP contribution is -2.22. The molecule has 0 saturated heterocycles. The third-order valence-electron chi connectivity index (χ3n) is 2.53. The van der Waals surface area contributed by atoms with Crippen LogP contribution in [-0.4, -0.2) is 12.0 Å². The topological polar surface area (TPSA) is 52.3 Å². The largest absolute Gasteiger partial charge is 0.490 e. The van der Waals surface area contributed by atoms with Crippen LogP contribution in [0.5, 0.6) is 5.75 Å². The number of rotatable bonds is 4. The van der Waals surface area contributed by atoms with Gasteiger partial charge in [0.2, 0.25) is 5.91 Å². The molecule has 17 heavy (non-hydrogen) atoms. The third-order valence-corrected chi connectivity index (χ3v) is 2.53. The molecule has 0 spiro atoms. The normalized spacial score (nSPS) is 13.2. The number of amides is 1. The minimum atomic E-state index is -0.343. The zero-order valence-electron chi connectivity index (χ0n) is 11.0. The summed E-state index contributed by atoms with van der Waals surface area (Å²) in [5, 5.41) is 0. The Morgan fingerprint density at radius 3 is 2.59 bits per heavy atom. The first-order valence-electron chi connectivity index (χ1n) is 5.84. The van der Waals surface area contributed by atoms with Crippen molar-refractivity contribution in [1.29, 1.82) is 0 Å². The molecular weight excluding hydrogens is 214 g/mol. The van der Waals surface area contributed by atoms with Crippen LogP contribution >= 0.6 is 0 Å². The first-order chi connectivity index (χ1) is 7.79. The number of ether oxygens (including phenoxy) is 1. The number of carbonyl (C=O) groups excluding carboxylic acids is 1. The molecule has 0 bridgehead atoms. The van der Waals surface area contributed by atoms with Gasteiger partial charge in [0, 0.05) is 0 Å². The van der Waals surface area contributed by atoms with Gasteiger partial charge in [0.05, 0.1) is 6.42 Å². The van der Waals surface area contributed by atoms with Crippen molar-refractivity contribution in [2.75, 3.05) is 0 Å². The molecule has 3 nitrogen and oxygen atoms in total. The number of benzene rings is 1. The molecule has 1 unspecified atom stereocenters. The summed E-state index contributed by atoms with van der Waals surface area (Å²) >= 11 is 0. The Bertz CT molecular complexity index is 393. The van der Waals surface area contributed by atoms with E-state index in [1.165, 1.54) is 5.56 Å². The van der Waals surface area contributed by atoms with Crippen molar-refractivity contribution in [2.24, 2.45) is 5.73 Å². The van der Waals surface area contributed by atoms with Crippen LogP contribution in [0, 0.1) is 0 Å². The second kappa shape index (κ2) is 5.21. The summed E-state index contributed by atoms with van der Waals surface area (Å²) < 4.78 is 5.66. The van der Waals surface area contributed by atoms with E-state index >= 15 is 0 Å². The van der Waals surface area contributed by atoms with E-state index in [1.54, 1.807) is 0 Å². The van der Waals surface area contributed by atoms with Gasteiger partial charge < -0.3 is 10.5 Å². The summed E-state index contributed by atoms with van der Waals surface area (Å²) in [6.07, 6.45) is 0.0439. The van der Waals surface area contributed by atoms with E-state index in [0.29, 0.717) is 0 Å². The molecule has 0 aliphatic rings. The summed E-state index contributed by atoms with van der Waals surface area (Å²) in [5.41, 5.74) is 6.43. The molecule has 3 heteroatoms. The van der Waals surface area contributed by atoms with Crippen molar-refractivity contribution >= 4 is 5.91 Å². The van der Waals surface area contributed by atoms with Crippen LogP contribution in [0.15, 0.2) is 24.3 Å². The van der Waals surface area contributed by atoms with Crippen LogP contribution in [0.2, 0.25) is 0 Å². The van der Waals surface area contributed by atoms with Gasteiger partial charge in [0.15, 0.2) is 0 Å². The van der Waals surface area contributed by atoms with Crippen molar-refractivity contribution in [2.45, 2.75) is 45.6 Å². The van der Waals surface area contributed by atoms with E-state index in [2.05, 4.69) is 26.8 Å². The lowest BCUT2D eigenvalue weighted by molar-refractivity contribution is -0.119. The van der Waals surface area contributed by atoms with Gasteiger partial charge in [-0.05, 0) is 30.0 Å². The standard InChI is InChI=1S/C14H21NO2/c1-10(8-13(15)16)17-12-7-5-6-11(9-12)14(2,3)4/h5-7,9-10H,8H2,1-4H3,(H2,15,16). The monoisotopic (exact) mass is 235 g/mol. The highest BCUT2D eigenvalue weighted by molar-refractivity contribution is 5.74. The van der Waals surface area contributed by atoms with Gasteiger partial charge in [0.25, 0.3) is 0 Å². The first kappa shape index (κ1) is 13.6. The fourth-order valence-electron chi connectivity index (χ4n) is 1.59. The predicted molar refractivity (Wildman–Crippen MR) is 69.0 cm³/mol. The maximum absolute atomic E-state index is 10.8. The van der Waals surface area contributed by atoms with Crippen LogP contribution < -0.4 is 10.5 Å². The van der Waals surface area contributed by atoms with Crippen LogP contribution in [0.1, 0.15) is 39.7 Å². The highest BCUT2D eigenvalue weighted by Gasteiger charge is 2.15. The first-order valence-corrected chi connectivity index (χ1v) is 5.84. The van der Waals surface area contributed by atoms with Crippen molar-refractivity contribution < 1.29 is 9.53 Å². The molecule has 0 aliphatic carbocycles. The summed E-state index contributed by atoms with van der Waals surface area (Å²) in [4.78, 5) is 10.8. The molecule has 0 aliphatic heterocycles. The van der Waals surface area contributed by atoms with Crippen molar-refractivity contribution in [3.05, 3.63) is 29.8 Å². The SMILES string of the molecule is CC(CC(N)=O)Oc1cccc(C(C)(C)C)c1. The van der Waals surface area contributed by atoms with E-state index < -0.39 is 0 Å². The van der Waals surface area contributed by atoms with Crippen LogP contribution in [0.3, 0.4) is 0 Å². The van der Waals surface area contributed by atoms with Gasteiger partial charge in [0.1, 0.15) is 11.9 Å². The van der Waals surface area contributed by atoms with E-state index in [1.807, 2.05) is 25.1 Å².